The Labute approximate surface area is 285 Å². The van der Waals surface area contributed by atoms with Crippen molar-refractivity contribution in [1.82, 2.24) is 19.8 Å². The first kappa shape index (κ1) is 33.2. The van der Waals surface area contributed by atoms with Crippen LogP contribution in [0.1, 0.15) is 50.1 Å². The number of nitrogens with zero attached hydrogens (tertiary/aromatic N) is 6. The van der Waals surface area contributed by atoms with Crippen molar-refractivity contribution < 1.29 is 23.1 Å². The fourth-order valence-electron chi connectivity index (χ4n) is 7.49. The van der Waals surface area contributed by atoms with E-state index in [0.29, 0.717) is 47.8 Å². The lowest BCUT2D eigenvalue weighted by Crippen LogP contribution is -2.56. The summed E-state index contributed by atoms with van der Waals surface area (Å²) in [6.07, 6.45) is 9.26. The molecule has 0 bridgehead atoms. The van der Waals surface area contributed by atoms with Gasteiger partial charge >= 0.3 is 0 Å². The Kier molecular flexibility index (Phi) is 9.92. The molecule has 49 heavy (non-hydrogen) atoms. The number of ether oxygens (including phenoxy) is 1. The van der Waals surface area contributed by atoms with Gasteiger partial charge in [0.25, 0.3) is 0 Å². The zero-order valence-electron chi connectivity index (χ0n) is 27.9. The van der Waals surface area contributed by atoms with Crippen molar-refractivity contribution in [3.8, 4) is 5.75 Å². The van der Waals surface area contributed by atoms with E-state index in [1.807, 2.05) is 12.1 Å². The van der Waals surface area contributed by atoms with Crippen LogP contribution in [0.5, 0.6) is 5.75 Å². The van der Waals surface area contributed by atoms with Crippen LogP contribution in [0.4, 0.5) is 37.5 Å². The highest BCUT2D eigenvalue weighted by Gasteiger charge is 2.33. The molecule has 4 fully saturated rings. The molecule has 0 spiro atoms. The van der Waals surface area contributed by atoms with Gasteiger partial charge in [-0.05, 0) is 56.0 Å². The van der Waals surface area contributed by atoms with Crippen LogP contribution in [0.15, 0.2) is 55.4 Å². The normalized spacial score (nSPS) is 21.0. The van der Waals surface area contributed by atoms with Gasteiger partial charge in [0.2, 0.25) is 5.91 Å². The second-order valence-electron chi connectivity index (χ2n) is 13.2. The smallest absolute Gasteiger partial charge is 0.247 e. The van der Waals surface area contributed by atoms with Crippen LogP contribution in [-0.4, -0.2) is 90.7 Å². The fraction of sp³-hybridized carbons (Fsp3) is 0.472. The summed E-state index contributed by atoms with van der Waals surface area (Å²) in [5, 5.41) is 7.77. The third kappa shape index (κ3) is 7.19. The lowest BCUT2D eigenvalue weighted by molar-refractivity contribution is -0.111. The number of aromatic nitrogens is 2. The van der Waals surface area contributed by atoms with Crippen LogP contribution in [-0.2, 0) is 9.63 Å². The van der Waals surface area contributed by atoms with Gasteiger partial charge < -0.3 is 20.3 Å². The van der Waals surface area contributed by atoms with Crippen molar-refractivity contribution in [2.45, 2.75) is 56.7 Å². The molecule has 4 aliphatic rings. The summed E-state index contributed by atoms with van der Waals surface area (Å²) < 4.78 is 34.5. The van der Waals surface area contributed by atoms with E-state index < -0.39 is 17.7 Å². The monoisotopic (exact) mass is 674 g/mol. The Balaban J connectivity index is 1.07. The van der Waals surface area contributed by atoms with Gasteiger partial charge in [-0.1, -0.05) is 13.0 Å². The maximum atomic E-state index is 14.7. The molecule has 2 aromatic carbocycles. The highest BCUT2D eigenvalue weighted by Crippen LogP contribution is 2.41. The molecule has 4 heterocycles. The number of benzene rings is 2. The number of methoxy groups -OCH3 is 1. The number of piperidine rings is 1. The van der Waals surface area contributed by atoms with Crippen molar-refractivity contribution >= 4 is 34.6 Å². The minimum Gasteiger partial charge on any atom is -0.494 e. The Bertz CT molecular complexity index is 1660. The molecule has 13 heteroatoms. The summed E-state index contributed by atoms with van der Waals surface area (Å²) in [5.74, 6) is 0.0152. The molecule has 0 radical (unpaired) electrons. The van der Waals surface area contributed by atoms with Crippen molar-refractivity contribution in [3.63, 3.8) is 0 Å². The van der Waals surface area contributed by atoms with E-state index in [-0.39, 0.29) is 11.5 Å². The Hall–Kier alpha value is -4.33. The Morgan fingerprint density at radius 2 is 1.67 bits per heavy atom. The molecule has 1 amide bonds. The van der Waals surface area contributed by atoms with Gasteiger partial charge in [0.15, 0.2) is 5.82 Å². The van der Waals surface area contributed by atoms with Crippen LogP contribution in [0, 0.1) is 11.6 Å². The molecule has 3 aromatic rings. The quantitative estimate of drug-likeness (QED) is 0.263. The van der Waals surface area contributed by atoms with Crippen LogP contribution >= 0.6 is 0 Å². The van der Waals surface area contributed by atoms with Gasteiger partial charge in [-0.15, -0.1) is 0 Å². The predicted molar refractivity (Wildman–Crippen MR) is 185 cm³/mol. The maximum Gasteiger partial charge on any atom is 0.247 e. The van der Waals surface area contributed by atoms with Crippen LogP contribution < -0.4 is 25.3 Å². The average Bonchev–Trinajstić information content (AvgIpc) is 3.59. The van der Waals surface area contributed by atoms with E-state index >= 15 is 0 Å². The number of rotatable bonds is 10. The number of amides is 1. The number of piperazine rings is 1. The van der Waals surface area contributed by atoms with Crippen molar-refractivity contribution in [3.05, 3.63) is 72.6 Å². The number of carbonyl (C=O) groups excluding carboxylic acids is 1. The molecular weight excluding hydrogens is 630 g/mol. The van der Waals surface area contributed by atoms with Gasteiger partial charge in [-0.2, -0.15) is 0 Å². The maximum absolute atomic E-state index is 14.7. The van der Waals surface area contributed by atoms with Gasteiger partial charge in [0.1, 0.15) is 29.5 Å². The number of carbonyl (C=O) groups is 1. The molecule has 260 valence electrons. The number of hydroxylamine groups is 1. The molecule has 1 atom stereocenters. The molecule has 7 rings (SSSR count). The third-order valence-corrected chi connectivity index (χ3v) is 10.4. The van der Waals surface area contributed by atoms with Crippen molar-refractivity contribution in [2.24, 2.45) is 0 Å². The zero-order valence-corrected chi connectivity index (χ0v) is 27.9. The van der Waals surface area contributed by atoms with E-state index in [1.165, 1.54) is 55.9 Å². The Morgan fingerprint density at radius 1 is 0.939 bits per heavy atom. The summed E-state index contributed by atoms with van der Waals surface area (Å²) in [5.41, 5.74) is 2.27. The first-order valence-corrected chi connectivity index (χ1v) is 17.2. The summed E-state index contributed by atoms with van der Waals surface area (Å²) in [4.78, 5) is 34.8. The molecule has 3 aliphatic heterocycles. The van der Waals surface area contributed by atoms with E-state index in [9.17, 15) is 13.6 Å². The number of nitrogens with one attached hydrogen (secondary N) is 2. The van der Waals surface area contributed by atoms with Gasteiger partial charge in [0.05, 0.1) is 36.8 Å². The van der Waals surface area contributed by atoms with Crippen LogP contribution in [0.2, 0.25) is 0 Å². The molecule has 11 nitrogen and oxygen atoms in total. The summed E-state index contributed by atoms with van der Waals surface area (Å²) >= 11 is 0. The number of hydrogen-bond acceptors (Lipinski definition) is 10. The summed E-state index contributed by atoms with van der Waals surface area (Å²) in [7, 11) is 1.60. The van der Waals surface area contributed by atoms with E-state index in [2.05, 4.69) is 41.9 Å². The average molecular weight is 675 g/mol. The molecule has 1 aromatic heterocycles. The third-order valence-electron chi connectivity index (χ3n) is 10.4. The SMILES string of the molecule is C=CC(=O)Nc1cc(Nc2cc(N3OCC[C@@H]3c3cc(F)ccc3F)ncn2)c(OC)cc1N1CCC(N2CCN(C3CCC3)CC2)CC1. The van der Waals surface area contributed by atoms with Crippen LogP contribution in [0.25, 0.3) is 0 Å². The minimum atomic E-state index is -0.561. The number of hydrogen-bond donors (Lipinski definition) is 2. The fourth-order valence-corrected chi connectivity index (χ4v) is 7.49. The topological polar surface area (TPSA) is 98.3 Å². The predicted octanol–water partition coefficient (Wildman–Crippen LogP) is 5.65. The van der Waals surface area contributed by atoms with Gasteiger partial charge in [-0.3, -0.25) is 19.4 Å². The van der Waals surface area contributed by atoms with E-state index in [0.717, 1.165) is 62.9 Å². The first-order valence-electron chi connectivity index (χ1n) is 17.2. The second kappa shape index (κ2) is 14.7. The highest BCUT2D eigenvalue weighted by molar-refractivity contribution is 6.02. The van der Waals surface area contributed by atoms with Gasteiger partial charge in [-0.25, -0.2) is 23.8 Å². The number of halogens is 2. The van der Waals surface area contributed by atoms with Gasteiger partial charge in [0, 0.05) is 75.5 Å². The molecule has 0 unspecified atom stereocenters. The lowest BCUT2D eigenvalue weighted by Gasteiger charge is -2.46. The van der Waals surface area contributed by atoms with Crippen molar-refractivity contribution in [2.75, 3.05) is 73.6 Å². The first-order chi connectivity index (χ1) is 23.9. The molecule has 2 N–H and O–H groups in total. The second-order valence-corrected chi connectivity index (χ2v) is 13.2. The molecular formula is C36H44F2N8O3. The standard InChI is InChI=1S/C36H44F2N8O3/c1-3-36(47)42-29-20-30(41-34-22-35(40-23-39-34)46-31(11-18-49-46)27-19-24(37)7-8-28(27)38)33(48-2)21-32(29)45-12-9-26(10-13-45)44-16-14-43(15-17-44)25-5-4-6-25/h3,7-8,19-23,25-26,31H,1,4-6,9-18H2,2H3,(H,42,47)(H,39,40,41)/t31-/m1/s1. The number of anilines is 5. The zero-order chi connectivity index (χ0) is 33.9. The van der Waals surface area contributed by atoms with E-state index in [1.54, 1.807) is 13.2 Å². The lowest BCUT2D eigenvalue weighted by atomic mass is 9.91. The van der Waals surface area contributed by atoms with E-state index in [4.69, 9.17) is 9.57 Å². The highest BCUT2D eigenvalue weighted by atomic mass is 19.1. The molecule has 1 saturated carbocycles. The molecule has 1 aliphatic carbocycles. The largest absolute Gasteiger partial charge is 0.494 e. The minimum absolute atomic E-state index is 0.195. The molecule has 3 saturated heterocycles. The Morgan fingerprint density at radius 3 is 2.35 bits per heavy atom. The summed E-state index contributed by atoms with van der Waals surface area (Å²) in [6, 6.07) is 9.64. The van der Waals surface area contributed by atoms with Crippen molar-refractivity contribution in [1.29, 1.82) is 0 Å². The summed E-state index contributed by atoms with van der Waals surface area (Å²) in [6.45, 7) is 10.3. The van der Waals surface area contributed by atoms with Crippen LogP contribution in [0.3, 0.4) is 0 Å².